The number of nitrogens with two attached hydrogens (primary N) is 1. The number of hydrogen-bond acceptors (Lipinski definition) is 5. The van der Waals surface area contributed by atoms with Crippen LogP contribution in [0.4, 0.5) is 0 Å². The van der Waals surface area contributed by atoms with Crippen LogP contribution in [-0.4, -0.2) is 13.1 Å². The van der Waals surface area contributed by atoms with Gasteiger partial charge in [0.15, 0.2) is 0 Å². The maximum Gasteiger partial charge on any atom is 0.338 e. The van der Waals surface area contributed by atoms with Gasteiger partial charge in [-0.2, -0.15) is 5.26 Å². The second-order valence-corrected chi connectivity index (χ2v) is 5.59. The van der Waals surface area contributed by atoms with E-state index in [0.29, 0.717) is 27.8 Å². The molecule has 2 N–H and O–H groups in total. The molecule has 0 saturated carbocycles. The number of halogens is 2. The molecule has 0 unspecified atom stereocenters. The quantitative estimate of drug-likeness (QED) is 0.839. The van der Waals surface area contributed by atoms with E-state index in [1.54, 1.807) is 18.2 Å². The lowest BCUT2D eigenvalue weighted by molar-refractivity contribution is -0.136. The first-order chi connectivity index (χ1) is 10.9. The van der Waals surface area contributed by atoms with Crippen LogP contribution in [0.5, 0.6) is 0 Å². The van der Waals surface area contributed by atoms with Crippen molar-refractivity contribution in [2.24, 2.45) is 5.73 Å². The zero-order chi connectivity index (χ0) is 17.1. The summed E-state index contributed by atoms with van der Waals surface area (Å²) in [5.41, 5.74) is 6.81. The molecule has 1 aromatic rings. The largest absolute Gasteiger partial charge is 0.466 e. The van der Waals surface area contributed by atoms with E-state index in [2.05, 4.69) is 0 Å². The molecule has 2 rings (SSSR count). The molecule has 1 aliphatic rings. The Kier molecular flexibility index (Phi) is 5.19. The Labute approximate surface area is 143 Å². The third-order valence-corrected chi connectivity index (χ3v) is 4.24. The van der Waals surface area contributed by atoms with E-state index < -0.39 is 11.9 Å². The van der Waals surface area contributed by atoms with Crippen molar-refractivity contribution in [3.05, 3.63) is 56.6 Å². The van der Waals surface area contributed by atoms with Gasteiger partial charge in [0.1, 0.15) is 17.4 Å². The summed E-state index contributed by atoms with van der Waals surface area (Å²) in [6, 6.07) is 6.88. The molecule has 0 aliphatic carbocycles. The minimum Gasteiger partial charge on any atom is -0.466 e. The maximum absolute atomic E-state index is 12.2. The molecule has 120 valence electrons. The number of rotatable bonds is 3. The molecule has 0 bridgehead atoms. The predicted octanol–water partition coefficient (Wildman–Crippen LogP) is 3.64. The SMILES string of the molecule is CCC1=C(C(=O)OC)[C@@H](c2ccc(Cl)c(Cl)c2)C(C#N)=C(N)O1. The van der Waals surface area contributed by atoms with Crippen molar-refractivity contribution in [3.8, 4) is 6.07 Å². The molecular formula is C16H14Cl2N2O3. The average molecular weight is 353 g/mol. The van der Waals surface area contributed by atoms with Gasteiger partial charge in [-0.15, -0.1) is 0 Å². The van der Waals surface area contributed by atoms with Gasteiger partial charge in [0.05, 0.1) is 28.6 Å². The third-order valence-electron chi connectivity index (χ3n) is 3.50. The highest BCUT2D eigenvalue weighted by atomic mass is 35.5. The van der Waals surface area contributed by atoms with Crippen LogP contribution in [0.2, 0.25) is 10.0 Å². The van der Waals surface area contributed by atoms with E-state index in [4.69, 9.17) is 38.4 Å². The monoisotopic (exact) mass is 352 g/mol. The summed E-state index contributed by atoms with van der Waals surface area (Å²) < 4.78 is 10.3. The van der Waals surface area contributed by atoms with Crippen LogP contribution in [0.1, 0.15) is 24.8 Å². The first-order valence-electron chi connectivity index (χ1n) is 6.78. The summed E-state index contributed by atoms with van der Waals surface area (Å²) in [4.78, 5) is 12.2. The lowest BCUT2D eigenvalue weighted by Crippen LogP contribution is -2.25. The predicted molar refractivity (Wildman–Crippen MR) is 86.4 cm³/mol. The number of carbonyl (C=O) groups is 1. The second kappa shape index (κ2) is 6.95. The van der Waals surface area contributed by atoms with Gasteiger partial charge >= 0.3 is 5.97 Å². The molecule has 1 heterocycles. The van der Waals surface area contributed by atoms with Crippen LogP contribution in [0.3, 0.4) is 0 Å². The van der Waals surface area contributed by atoms with Crippen LogP contribution < -0.4 is 5.73 Å². The fourth-order valence-corrected chi connectivity index (χ4v) is 2.75. The van der Waals surface area contributed by atoms with Crippen molar-refractivity contribution >= 4 is 29.2 Å². The first-order valence-corrected chi connectivity index (χ1v) is 7.54. The van der Waals surface area contributed by atoms with Crippen molar-refractivity contribution in [1.82, 2.24) is 0 Å². The lowest BCUT2D eigenvalue weighted by Gasteiger charge is -2.27. The zero-order valence-corrected chi connectivity index (χ0v) is 14.0. The number of esters is 1. The topological polar surface area (TPSA) is 85.3 Å². The number of hydrogen-bond donors (Lipinski definition) is 1. The van der Waals surface area contributed by atoms with Crippen LogP contribution >= 0.6 is 23.2 Å². The van der Waals surface area contributed by atoms with Crippen LogP contribution in [0, 0.1) is 11.3 Å². The summed E-state index contributed by atoms with van der Waals surface area (Å²) in [5.74, 6) is -0.971. The molecule has 5 nitrogen and oxygen atoms in total. The summed E-state index contributed by atoms with van der Waals surface area (Å²) in [6.07, 6.45) is 0.418. The van der Waals surface area contributed by atoms with E-state index in [1.807, 2.05) is 13.0 Å². The third kappa shape index (κ3) is 3.14. The molecular weight excluding hydrogens is 339 g/mol. The van der Waals surface area contributed by atoms with Gasteiger partial charge in [0, 0.05) is 6.42 Å². The standard InChI is InChI=1S/C16H14Cl2N2O3/c1-3-12-14(16(21)22-2)13(9(7-19)15(20)23-12)8-4-5-10(17)11(18)6-8/h4-6,13H,3,20H2,1-2H3/t13-/m0/s1. The molecule has 23 heavy (non-hydrogen) atoms. The highest BCUT2D eigenvalue weighted by Crippen LogP contribution is 2.41. The minimum atomic E-state index is -0.717. The normalized spacial score (nSPS) is 17.6. The number of nitrogens with zero attached hydrogens (tertiary/aromatic N) is 1. The van der Waals surface area contributed by atoms with Gasteiger partial charge in [0.25, 0.3) is 0 Å². The van der Waals surface area contributed by atoms with Gasteiger partial charge < -0.3 is 15.2 Å². The number of methoxy groups -OCH3 is 1. The molecule has 0 radical (unpaired) electrons. The summed E-state index contributed by atoms with van der Waals surface area (Å²) in [7, 11) is 1.27. The van der Waals surface area contributed by atoms with Gasteiger partial charge in [0.2, 0.25) is 5.88 Å². The van der Waals surface area contributed by atoms with Crippen molar-refractivity contribution in [2.75, 3.05) is 7.11 Å². The number of allylic oxidation sites excluding steroid dienone is 2. The molecule has 0 spiro atoms. The van der Waals surface area contributed by atoms with E-state index in [9.17, 15) is 10.1 Å². The van der Waals surface area contributed by atoms with Crippen LogP contribution in [0.25, 0.3) is 0 Å². The van der Waals surface area contributed by atoms with Gasteiger partial charge in [-0.1, -0.05) is 36.2 Å². The minimum absolute atomic E-state index is 0.0342. The van der Waals surface area contributed by atoms with Crippen molar-refractivity contribution in [1.29, 1.82) is 5.26 Å². The molecule has 0 amide bonds. The van der Waals surface area contributed by atoms with Crippen molar-refractivity contribution < 1.29 is 14.3 Å². The Morgan fingerprint density at radius 2 is 2.13 bits per heavy atom. The van der Waals surface area contributed by atoms with Gasteiger partial charge in [-0.05, 0) is 17.7 Å². The second-order valence-electron chi connectivity index (χ2n) is 4.78. The number of nitriles is 1. The summed E-state index contributed by atoms with van der Waals surface area (Å²) in [6.45, 7) is 1.81. The molecule has 1 aliphatic heterocycles. The molecule has 0 fully saturated rings. The van der Waals surface area contributed by atoms with E-state index in [-0.39, 0.29) is 17.0 Å². The highest BCUT2D eigenvalue weighted by Gasteiger charge is 2.37. The Hall–Kier alpha value is -2.16. The Bertz CT molecular complexity index is 763. The lowest BCUT2D eigenvalue weighted by atomic mass is 9.82. The number of carbonyl (C=O) groups excluding carboxylic acids is 1. The average Bonchev–Trinajstić information content (AvgIpc) is 2.55. The Balaban J connectivity index is 2.71. The van der Waals surface area contributed by atoms with Crippen molar-refractivity contribution in [2.45, 2.75) is 19.3 Å². The smallest absolute Gasteiger partial charge is 0.338 e. The highest BCUT2D eigenvalue weighted by molar-refractivity contribution is 6.42. The Morgan fingerprint density at radius 1 is 1.43 bits per heavy atom. The Morgan fingerprint density at radius 3 is 2.65 bits per heavy atom. The fraction of sp³-hybridized carbons (Fsp3) is 0.250. The van der Waals surface area contributed by atoms with Crippen LogP contribution in [-0.2, 0) is 14.3 Å². The molecule has 1 atom stereocenters. The van der Waals surface area contributed by atoms with E-state index >= 15 is 0 Å². The van der Waals surface area contributed by atoms with E-state index in [1.165, 1.54) is 7.11 Å². The first kappa shape index (κ1) is 17.2. The molecule has 7 heteroatoms. The van der Waals surface area contributed by atoms with Crippen LogP contribution in [0.15, 0.2) is 41.0 Å². The summed E-state index contributed by atoms with van der Waals surface area (Å²) in [5, 5.41) is 10.1. The maximum atomic E-state index is 12.2. The molecule has 0 saturated heterocycles. The number of benzene rings is 1. The fourth-order valence-electron chi connectivity index (χ4n) is 2.44. The van der Waals surface area contributed by atoms with Gasteiger partial charge in [-0.25, -0.2) is 4.79 Å². The summed E-state index contributed by atoms with van der Waals surface area (Å²) >= 11 is 12.0. The number of ether oxygens (including phenoxy) is 2. The molecule has 1 aromatic carbocycles. The zero-order valence-electron chi connectivity index (χ0n) is 12.5. The molecule has 0 aromatic heterocycles. The van der Waals surface area contributed by atoms with E-state index in [0.717, 1.165) is 0 Å². The van der Waals surface area contributed by atoms with Gasteiger partial charge in [-0.3, -0.25) is 0 Å². The van der Waals surface area contributed by atoms with Crippen molar-refractivity contribution in [3.63, 3.8) is 0 Å².